The summed E-state index contributed by atoms with van der Waals surface area (Å²) in [6, 6.07) is 14.8. The van der Waals surface area contributed by atoms with Gasteiger partial charge in [0.05, 0.1) is 7.11 Å². The van der Waals surface area contributed by atoms with Gasteiger partial charge in [-0.25, -0.2) is 4.79 Å². The van der Waals surface area contributed by atoms with Gasteiger partial charge in [-0.1, -0.05) is 30.3 Å². The molecular formula is C25H27NO6. The fourth-order valence-corrected chi connectivity index (χ4v) is 3.57. The van der Waals surface area contributed by atoms with Crippen LogP contribution in [0, 0.1) is 6.92 Å². The van der Waals surface area contributed by atoms with E-state index in [1.165, 1.54) is 12.0 Å². The summed E-state index contributed by atoms with van der Waals surface area (Å²) in [5.41, 5.74) is 2.08. The van der Waals surface area contributed by atoms with E-state index in [-0.39, 0.29) is 18.7 Å². The smallest absolute Gasteiger partial charge is 0.339 e. The van der Waals surface area contributed by atoms with Crippen LogP contribution in [-0.2, 0) is 27.3 Å². The summed E-state index contributed by atoms with van der Waals surface area (Å²) in [6.07, 6.45) is -0.791. The number of fused-ring (bicyclic) bond motifs is 1. The number of amides is 1. The number of carbonyl (C=O) groups is 2. The Morgan fingerprint density at radius 1 is 1.12 bits per heavy atom. The molecule has 1 amide bonds. The highest BCUT2D eigenvalue weighted by Crippen LogP contribution is 2.24. The first-order valence-electron chi connectivity index (χ1n) is 10.4. The number of methoxy groups -OCH3 is 1. The molecule has 3 rings (SSSR count). The zero-order valence-electron chi connectivity index (χ0n) is 18.7. The quantitative estimate of drug-likeness (QED) is 0.395. The number of benzene rings is 2. The molecule has 1 aromatic heterocycles. The molecule has 168 valence electrons. The van der Waals surface area contributed by atoms with Crippen molar-refractivity contribution in [1.29, 1.82) is 0 Å². The molecule has 0 N–H and O–H groups in total. The van der Waals surface area contributed by atoms with Crippen LogP contribution in [0.1, 0.15) is 30.0 Å². The van der Waals surface area contributed by atoms with E-state index in [2.05, 4.69) is 0 Å². The maximum Gasteiger partial charge on any atom is 0.339 e. The van der Waals surface area contributed by atoms with E-state index in [0.717, 1.165) is 16.5 Å². The molecule has 0 saturated heterocycles. The van der Waals surface area contributed by atoms with Gasteiger partial charge in [0.25, 0.3) is 5.91 Å². The van der Waals surface area contributed by atoms with Gasteiger partial charge in [0.2, 0.25) is 0 Å². The predicted octanol–water partition coefficient (Wildman–Crippen LogP) is 3.63. The first kappa shape index (κ1) is 23.1. The second-order valence-electron chi connectivity index (χ2n) is 7.67. The highest BCUT2D eigenvalue weighted by atomic mass is 16.5. The van der Waals surface area contributed by atoms with Crippen molar-refractivity contribution in [3.63, 3.8) is 0 Å². The van der Waals surface area contributed by atoms with E-state index >= 15 is 0 Å². The van der Waals surface area contributed by atoms with Crippen LogP contribution in [0.4, 0.5) is 0 Å². The number of hydrogen-bond donors (Lipinski definition) is 0. The maximum absolute atomic E-state index is 12.5. The standard InChI is InChI=1S/C25H27NO6/c1-16-20-11-10-19(30-4)14-22(20)32-25(29)21(16)12-13-23(27)31-17(2)24(28)26(3)15-18-8-6-5-7-9-18/h5-11,14,17H,12-13,15H2,1-4H3. The molecule has 1 unspecified atom stereocenters. The summed E-state index contributed by atoms with van der Waals surface area (Å²) in [5, 5.41) is 0.778. The monoisotopic (exact) mass is 437 g/mol. The van der Waals surface area contributed by atoms with Gasteiger partial charge >= 0.3 is 11.6 Å². The van der Waals surface area contributed by atoms with Crippen molar-refractivity contribution in [3.05, 3.63) is 75.6 Å². The minimum Gasteiger partial charge on any atom is -0.497 e. The Hall–Kier alpha value is -3.61. The molecule has 0 radical (unpaired) electrons. The highest BCUT2D eigenvalue weighted by Gasteiger charge is 2.22. The van der Waals surface area contributed by atoms with Gasteiger partial charge in [-0.3, -0.25) is 9.59 Å². The molecule has 32 heavy (non-hydrogen) atoms. The van der Waals surface area contributed by atoms with Crippen molar-refractivity contribution < 1.29 is 23.5 Å². The molecule has 1 atom stereocenters. The first-order chi connectivity index (χ1) is 15.3. The molecule has 3 aromatic rings. The SMILES string of the molecule is COc1ccc2c(C)c(CCC(=O)OC(C)C(=O)N(C)Cc3ccccc3)c(=O)oc2c1. The number of ether oxygens (including phenoxy) is 2. The van der Waals surface area contributed by atoms with Crippen LogP contribution in [-0.4, -0.2) is 37.0 Å². The Kier molecular flexibility index (Phi) is 7.30. The average Bonchev–Trinajstić information content (AvgIpc) is 2.78. The van der Waals surface area contributed by atoms with E-state index in [1.54, 1.807) is 26.1 Å². The Labute approximate surface area is 186 Å². The van der Waals surface area contributed by atoms with Crippen molar-refractivity contribution in [2.75, 3.05) is 14.2 Å². The number of esters is 1. The van der Waals surface area contributed by atoms with Crippen molar-refractivity contribution in [1.82, 2.24) is 4.90 Å². The van der Waals surface area contributed by atoms with E-state index in [4.69, 9.17) is 13.9 Å². The number of nitrogens with zero attached hydrogens (tertiary/aromatic N) is 1. The van der Waals surface area contributed by atoms with E-state index in [0.29, 0.717) is 23.4 Å². The first-order valence-corrected chi connectivity index (χ1v) is 10.4. The van der Waals surface area contributed by atoms with Gasteiger partial charge in [-0.15, -0.1) is 0 Å². The zero-order valence-corrected chi connectivity index (χ0v) is 18.7. The van der Waals surface area contributed by atoms with Crippen molar-refractivity contribution >= 4 is 22.8 Å². The average molecular weight is 437 g/mol. The molecular weight excluding hydrogens is 410 g/mol. The Bertz CT molecular complexity index is 1170. The van der Waals surface area contributed by atoms with Crippen LogP contribution < -0.4 is 10.4 Å². The summed E-state index contributed by atoms with van der Waals surface area (Å²) in [5.74, 6) is -0.252. The molecule has 2 aromatic carbocycles. The normalized spacial score (nSPS) is 11.8. The van der Waals surface area contributed by atoms with Crippen molar-refractivity contribution in [2.45, 2.75) is 39.3 Å². The lowest BCUT2D eigenvalue weighted by molar-refractivity contribution is -0.158. The van der Waals surface area contributed by atoms with Gasteiger partial charge in [0, 0.05) is 37.0 Å². The molecule has 0 fully saturated rings. The summed E-state index contributed by atoms with van der Waals surface area (Å²) < 4.78 is 15.9. The predicted molar refractivity (Wildman–Crippen MR) is 121 cm³/mol. The molecule has 0 spiro atoms. The third-order valence-electron chi connectivity index (χ3n) is 5.37. The van der Waals surface area contributed by atoms with Gasteiger partial charge in [0.15, 0.2) is 6.10 Å². The van der Waals surface area contributed by atoms with Crippen LogP contribution in [0.3, 0.4) is 0 Å². The molecule has 0 aliphatic rings. The molecule has 7 heteroatoms. The van der Waals surface area contributed by atoms with Crippen molar-refractivity contribution in [3.8, 4) is 5.75 Å². The molecule has 0 aliphatic carbocycles. The second kappa shape index (κ2) is 10.1. The van der Waals surface area contributed by atoms with Crippen LogP contribution >= 0.6 is 0 Å². The van der Waals surface area contributed by atoms with Gasteiger partial charge in [0.1, 0.15) is 11.3 Å². The number of likely N-dealkylation sites (N-methyl/N-ethyl adjacent to an activating group) is 1. The molecule has 0 saturated carbocycles. The van der Waals surface area contributed by atoms with Crippen LogP contribution in [0.2, 0.25) is 0 Å². The lowest BCUT2D eigenvalue weighted by atomic mass is 10.0. The van der Waals surface area contributed by atoms with Crippen molar-refractivity contribution in [2.24, 2.45) is 0 Å². The maximum atomic E-state index is 12.5. The second-order valence-corrected chi connectivity index (χ2v) is 7.67. The third-order valence-corrected chi connectivity index (χ3v) is 5.37. The fourth-order valence-electron chi connectivity index (χ4n) is 3.57. The lowest BCUT2D eigenvalue weighted by Gasteiger charge is -2.21. The molecule has 7 nitrogen and oxygen atoms in total. The minimum absolute atomic E-state index is 0.0344. The van der Waals surface area contributed by atoms with Gasteiger partial charge < -0.3 is 18.8 Å². The minimum atomic E-state index is -0.919. The number of rotatable bonds is 8. The molecule has 0 aliphatic heterocycles. The van der Waals surface area contributed by atoms with Crippen LogP contribution in [0.25, 0.3) is 11.0 Å². The molecule has 0 bridgehead atoms. The Morgan fingerprint density at radius 2 is 1.84 bits per heavy atom. The number of hydrogen-bond acceptors (Lipinski definition) is 6. The summed E-state index contributed by atoms with van der Waals surface area (Å²) in [6.45, 7) is 3.78. The number of carbonyl (C=O) groups excluding carboxylic acids is 2. The van der Waals surface area contributed by atoms with E-state index < -0.39 is 17.7 Å². The fraction of sp³-hybridized carbons (Fsp3) is 0.320. The number of aryl methyl sites for hydroxylation is 1. The summed E-state index contributed by atoms with van der Waals surface area (Å²) >= 11 is 0. The largest absolute Gasteiger partial charge is 0.497 e. The molecule has 1 heterocycles. The summed E-state index contributed by atoms with van der Waals surface area (Å²) in [7, 11) is 3.20. The van der Waals surface area contributed by atoms with Crippen LogP contribution in [0.15, 0.2) is 57.7 Å². The third kappa shape index (κ3) is 5.35. The van der Waals surface area contributed by atoms with Gasteiger partial charge in [-0.2, -0.15) is 0 Å². The topological polar surface area (TPSA) is 86.0 Å². The zero-order chi connectivity index (χ0) is 23.3. The van der Waals surface area contributed by atoms with Crippen LogP contribution in [0.5, 0.6) is 5.75 Å². The van der Waals surface area contributed by atoms with Gasteiger partial charge in [-0.05, 0) is 43.5 Å². The Balaban J connectivity index is 1.61. The Morgan fingerprint density at radius 3 is 2.53 bits per heavy atom. The summed E-state index contributed by atoms with van der Waals surface area (Å²) in [4.78, 5) is 38.8. The van der Waals surface area contributed by atoms with E-state index in [9.17, 15) is 14.4 Å². The highest BCUT2D eigenvalue weighted by molar-refractivity contribution is 5.84. The van der Waals surface area contributed by atoms with E-state index in [1.807, 2.05) is 43.3 Å². The lowest BCUT2D eigenvalue weighted by Crippen LogP contribution is -2.37.